The summed E-state index contributed by atoms with van der Waals surface area (Å²) in [7, 11) is 0. The van der Waals surface area contributed by atoms with E-state index in [0.29, 0.717) is 0 Å². The van der Waals surface area contributed by atoms with Gasteiger partial charge >= 0.3 is 0 Å². The minimum absolute atomic E-state index is 0.144. The number of aryl methyl sites for hydroxylation is 2. The van der Waals surface area contributed by atoms with Gasteiger partial charge < -0.3 is 5.73 Å². The fourth-order valence-corrected chi connectivity index (χ4v) is 2.35. The molecule has 15 heavy (non-hydrogen) atoms. The molecule has 2 N–H and O–H groups in total. The lowest BCUT2D eigenvalue weighted by Crippen LogP contribution is -2.22. The topological polar surface area (TPSA) is 56.7 Å². The summed E-state index contributed by atoms with van der Waals surface area (Å²) in [6.07, 6.45) is 8.17. The SMILES string of the molecule is NC1(CCc2nnn3c2CCCC3)CC1. The van der Waals surface area contributed by atoms with Gasteiger partial charge in [-0.1, -0.05) is 5.21 Å². The smallest absolute Gasteiger partial charge is 0.0859 e. The van der Waals surface area contributed by atoms with Gasteiger partial charge in [-0.05, 0) is 44.9 Å². The molecule has 1 aliphatic carbocycles. The molecule has 1 saturated carbocycles. The van der Waals surface area contributed by atoms with Crippen LogP contribution < -0.4 is 5.73 Å². The summed E-state index contributed by atoms with van der Waals surface area (Å²) < 4.78 is 2.08. The van der Waals surface area contributed by atoms with E-state index in [4.69, 9.17) is 5.73 Å². The van der Waals surface area contributed by atoms with Crippen LogP contribution in [0.25, 0.3) is 0 Å². The Hall–Kier alpha value is -0.900. The third-order valence-corrected chi connectivity index (χ3v) is 3.70. The molecule has 0 bridgehead atoms. The third kappa shape index (κ3) is 1.78. The molecule has 4 nitrogen and oxygen atoms in total. The lowest BCUT2D eigenvalue weighted by atomic mass is 10.0. The fourth-order valence-electron chi connectivity index (χ4n) is 2.35. The highest BCUT2D eigenvalue weighted by molar-refractivity contribution is 5.14. The van der Waals surface area contributed by atoms with Crippen molar-refractivity contribution in [3.8, 4) is 0 Å². The molecule has 82 valence electrons. The lowest BCUT2D eigenvalue weighted by molar-refractivity contribution is 0.475. The van der Waals surface area contributed by atoms with Gasteiger partial charge in [0, 0.05) is 12.1 Å². The average molecular weight is 206 g/mol. The first-order chi connectivity index (χ1) is 7.27. The van der Waals surface area contributed by atoms with E-state index in [1.165, 1.54) is 37.1 Å². The molecule has 1 aromatic heterocycles. The van der Waals surface area contributed by atoms with Crippen molar-refractivity contribution in [2.24, 2.45) is 5.73 Å². The van der Waals surface area contributed by atoms with Gasteiger partial charge in [-0.3, -0.25) is 0 Å². The van der Waals surface area contributed by atoms with Gasteiger partial charge in [-0.25, -0.2) is 4.68 Å². The second-order valence-electron chi connectivity index (χ2n) is 5.03. The molecule has 1 aliphatic heterocycles. The van der Waals surface area contributed by atoms with Crippen molar-refractivity contribution in [3.05, 3.63) is 11.4 Å². The summed E-state index contributed by atoms with van der Waals surface area (Å²) >= 11 is 0. The summed E-state index contributed by atoms with van der Waals surface area (Å²) in [4.78, 5) is 0. The number of rotatable bonds is 3. The van der Waals surface area contributed by atoms with E-state index in [2.05, 4.69) is 15.0 Å². The number of nitrogens with two attached hydrogens (primary N) is 1. The molecule has 0 atom stereocenters. The maximum atomic E-state index is 6.08. The first-order valence-electron chi connectivity index (χ1n) is 5.97. The second kappa shape index (κ2) is 3.30. The van der Waals surface area contributed by atoms with Crippen LogP contribution in [0.15, 0.2) is 0 Å². The van der Waals surface area contributed by atoms with Crippen LogP contribution in [0.1, 0.15) is 43.5 Å². The molecule has 0 radical (unpaired) electrons. The normalized spacial score (nSPS) is 22.5. The van der Waals surface area contributed by atoms with Crippen molar-refractivity contribution < 1.29 is 0 Å². The molecule has 0 unspecified atom stereocenters. The Morgan fingerprint density at radius 2 is 2.20 bits per heavy atom. The van der Waals surface area contributed by atoms with Gasteiger partial charge in [-0.15, -0.1) is 5.10 Å². The first kappa shape index (κ1) is 9.33. The van der Waals surface area contributed by atoms with Gasteiger partial charge in [0.05, 0.1) is 11.4 Å². The Morgan fingerprint density at radius 1 is 1.33 bits per heavy atom. The molecule has 4 heteroatoms. The van der Waals surface area contributed by atoms with Gasteiger partial charge in [-0.2, -0.15) is 0 Å². The van der Waals surface area contributed by atoms with Crippen molar-refractivity contribution in [1.82, 2.24) is 15.0 Å². The highest BCUT2D eigenvalue weighted by Gasteiger charge is 2.37. The van der Waals surface area contributed by atoms with Crippen molar-refractivity contribution in [3.63, 3.8) is 0 Å². The molecule has 0 spiro atoms. The van der Waals surface area contributed by atoms with Crippen LogP contribution in [0.2, 0.25) is 0 Å². The average Bonchev–Trinajstić information content (AvgIpc) is 2.86. The van der Waals surface area contributed by atoms with Crippen LogP contribution >= 0.6 is 0 Å². The molecule has 2 aliphatic rings. The van der Waals surface area contributed by atoms with Crippen molar-refractivity contribution >= 4 is 0 Å². The van der Waals surface area contributed by atoms with E-state index in [0.717, 1.165) is 25.8 Å². The van der Waals surface area contributed by atoms with E-state index in [1.807, 2.05) is 0 Å². The highest BCUT2D eigenvalue weighted by Crippen LogP contribution is 2.36. The van der Waals surface area contributed by atoms with Crippen LogP contribution in [0.5, 0.6) is 0 Å². The van der Waals surface area contributed by atoms with Crippen molar-refractivity contribution in [2.45, 2.75) is 57.0 Å². The minimum atomic E-state index is 0.144. The summed E-state index contributed by atoms with van der Waals surface area (Å²) in [5.74, 6) is 0. The molecule has 0 amide bonds. The predicted octanol–water partition coefficient (Wildman–Crippen LogP) is 1.04. The Bertz CT molecular complexity index is 365. The zero-order valence-corrected chi connectivity index (χ0v) is 9.08. The Kier molecular flexibility index (Phi) is 2.06. The largest absolute Gasteiger partial charge is 0.325 e. The summed E-state index contributed by atoms with van der Waals surface area (Å²) in [6.45, 7) is 1.05. The van der Waals surface area contributed by atoms with E-state index in [9.17, 15) is 0 Å². The summed E-state index contributed by atoms with van der Waals surface area (Å²) in [6, 6.07) is 0. The van der Waals surface area contributed by atoms with Gasteiger partial charge in [0.1, 0.15) is 0 Å². The molecular weight excluding hydrogens is 188 g/mol. The molecule has 2 heterocycles. The molecule has 3 rings (SSSR count). The summed E-state index contributed by atoms with van der Waals surface area (Å²) in [5, 5.41) is 8.49. The number of aromatic nitrogens is 3. The maximum absolute atomic E-state index is 6.08. The van der Waals surface area contributed by atoms with Crippen LogP contribution in [0, 0.1) is 0 Å². The van der Waals surface area contributed by atoms with E-state index in [-0.39, 0.29) is 5.54 Å². The molecule has 1 aromatic rings. The molecule has 1 fully saturated rings. The quantitative estimate of drug-likeness (QED) is 0.804. The standard InChI is InChI=1S/C11H18N4/c12-11(6-7-11)5-4-9-10-3-1-2-8-15(10)14-13-9/h1-8,12H2. The van der Waals surface area contributed by atoms with E-state index < -0.39 is 0 Å². The van der Waals surface area contributed by atoms with Gasteiger partial charge in [0.2, 0.25) is 0 Å². The van der Waals surface area contributed by atoms with Crippen molar-refractivity contribution in [1.29, 1.82) is 0 Å². The summed E-state index contributed by atoms with van der Waals surface area (Å²) in [5.41, 5.74) is 8.79. The Morgan fingerprint density at radius 3 is 3.00 bits per heavy atom. The van der Waals surface area contributed by atoms with E-state index >= 15 is 0 Å². The zero-order chi connectivity index (χ0) is 10.3. The number of nitrogens with zero attached hydrogens (tertiary/aromatic N) is 3. The van der Waals surface area contributed by atoms with E-state index in [1.54, 1.807) is 0 Å². The van der Waals surface area contributed by atoms with Gasteiger partial charge in [0.25, 0.3) is 0 Å². The Labute approximate surface area is 89.8 Å². The van der Waals surface area contributed by atoms with Crippen LogP contribution in [0.4, 0.5) is 0 Å². The molecule has 0 aromatic carbocycles. The van der Waals surface area contributed by atoms with Crippen LogP contribution in [-0.4, -0.2) is 20.5 Å². The zero-order valence-electron chi connectivity index (χ0n) is 9.08. The van der Waals surface area contributed by atoms with Crippen LogP contribution in [-0.2, 0) is 19.4 Å². The monoisotopic (exact) mass is 206 g/mol. The highest BCUT2D eigenvalue weighted by atomic mass is 15.4. The third-order valence-electron chi connectivity index (χ3n) is 3.70. The fraction of sp³-hybridized carbons (Fsp3) is 0.818. The lowest BCUT2D eigenvalue weighted by Gasteiger charge is -2.13. The second-order valence-corrected chi connectivity index (χ2v) is 5.03. The molecular formula is C11H18N4. The minimum Gasteiger partial charge on any atom is -0.325 e. The predicted molar refractivity (Wildman–Crippen MR) is 57.4 cm³/mol. The maximum Gasteiger partial charge on any atom is 0.0859 e. The Balaban J connectivity index is 1.71. The van der Waals surface area contributed by atoms with Crippen LogP contribution in [0.3, 0.4) is 0 Å². The number of hydrogen-bond donors (Lipinski definition) is 1. The first-order valence-corrected chi connectivity index (χ1v) is 5.97. The van der Waals surface area contributed by atoms with Gasteiger partial charge in [0.15, 0.2) is 0 Å². The number of hydrogen-bond acceptors (Lipinski definition) is 3. The van der Waals surface area contributed by atoms with Crippen molar-refractivity contribution in [2.75, 3.05) is 0 Å². The number of fused-ring (bicyclic) bond motifs is 1. The molecule has 0 saturated heterocycles.